The number of carbonyl (C=O) groups excluding carboxylic acids is 2. The molecule has 0 bridgehead atoms. The van der Waals surface area contributed by atoms with Gasteiger partial charge in [-0.05, 0) is 38.1 Å². The van der Waals surface area contributed by atoms with Gasteiger partial charge >= 0.3 is 6.18 Å². The number of amides is 1. The van der Waals surface area contributed by atoms with Gasteiger partial charge in [-0.3, -0.25) is 9.59 Å². The highest BCUT2D eigenvalue weighted by Crippen LogP contribution is 2.35. The fourth-order valence-corrected chi connectivity index (χ4v) is 2.17. The molecule has 2 aromatic carbocycles. The average Bonchev–Trinajstić information content (AvgIpc) is 2.46. The zero-order chi connectivity index (χ0) is 17.2. The van der Waals surface area contributed by atoms with Crippen LogP contribution in [0.4, 0.5) is 18.9 Å². The van der Waals surface area contributed by atoms with Crippen LogP contribution in [0.5, 0.6) is 0 Å². The van der Waals surface area contributed by atoms with E-state index in [0.29, 0.717) is 5.56 Å². The summed E-state index contributed by atoms with van der Waals surface area (Å²) >= 11 is 0. The Kier molecular flexibility index (Phi) is 4.54. The van der Waals surface area contributed by atoms with Crippen molar-refractivity contribution >= 4 is 17.4 Å². The molecule has 0 spiro atoms. The molecule has 2 rings (SSSR count). The van der Waals surface area contributed by atoms with Crippen molar-refractivity contribution in [2.24, 2.45) is 0 Å². The van der Waals surface area contributed by atoms with E-state index in [1.165, 1.54) is 6.07 Å². The third-order valence-corrected chi connectivity index (χ3v) is 3.28. The lowest BCUT2D eigenvalue weighted by molar-refractivity contribution is -0.137. The predicted molar refractivity (Wildman–Crippen MR) is 80.6 cm³/mol. The van der Waals surface area contributed by atoms with Crippen LogP contribution >= 0.6 is 0 Å². The first-order valence-corrected chi connectivity index (χ1v) is 6.79. The lowest BCUT2D eigenvalue weighted by Gasteiger charge is -2.15. The number of ketones is 1. The van der Waals surface area contributed by atoms with E-state index < -0.39 is 29.0 Å². The van der Waals surface area contributed by atoms with Crippen LogP contribution in [0.3, 0.4) is 0 Å². The highest BCUT2D eigenvalue weighted by atomic mass is 19.4. The summed E-state index contributed by atoms with van der Waals surface area (Å²) in [6.07, 6.45) is -4.68. The Bertz CT molecular complexity index is 749. The minimum atomic E-state index is -4.68. The van der Waals surface area contributed by atoms with Gasteiger partial charge in [0.2, 0.25) is 0 Å². The molecule has 0 saturated heterocycles. The third kappa shape index (κ3) is 3.77. The number of nitrogens with one attached hydrogen (secondary N) is 1. The monoisotopic (exact) mass is 321 g/mol. The molecule has 6 heteroatoms. The quantitative estimate of drug-likeness (QED) is 0.848. The molecule has 1 amide bonds. The van der Waals surface area contributed by atoms with Crippen molar-refractivity contribution in [1.29, 1.82) is 0 Å². The summed E-state index contributed by atoms with van der Waals surface area (Å²) in [6, 6.07) is 9.80. The van der Waals surface area contributed by atoms with E-state index in [1.807, 2.05) is 6.92 Å². The van der Waals surface area contributed by atoms with Crippen molar-refractivity contribution in [2.45, 2.75) is 20.0 Å². The summed E-state index contributed by atoms with van der Waals surface area (Å²) in [7, 11) is 0. The number of hydrogen-bond donors (Lipinski definition) is 1. The fourth-order valence-electron chi connectivity index (χ4n) is 2.17. The molecule has 0 aromatic heterocycles. The maximum atomic E-state index is 13.0. The fraction of sp³-hybridized carbons (Fsp3) is 0.176. The molecule has 0 saturated carbocycles. The first-order valence-electron chi connectivity index (χ1n) is 6.79. The van der Waals surface area contributed by atoms with Gasteiger partial charge < -0.3 is 5.32 Å². The van der Waals surface area contributed by atoms with Crippen molar-refractivity contribution in [3.8, 4) is 0 Å². The number of hydrogen-bond acceptors (Lipinski definition) is 2. The molecule has 3 nitrogen and oxygen atoms in total. The Labute approximate surface area is 131 Å². The molecule has 0 unspecified atom stereocenters. The molecule has 0 aliphatic heterocycles. The van der Waals surface area contributed by atoms with Crippen molar-refractivity contribution in [3.05, 3.63) is 64.7 Å². The average molecular weight is 321 g/mol. The van der Waals surface area contributed by atoms with E-state index >= 15 is 0 Å². The smallest absolute Gasteiger partial charge is 0.321 e. The first kappa shape index (κ1) is 16.7. The molecule has 23 heavy (non-hydrogen) atoms. The zero-order valence-corrected chi connectivity index (χ0v) is 12.5. The summed E-state index contributed by atoms with van der Waals surface area (Å²) in [5.74, 6) is -1.34. The van der Waals surface area contributed by atoms with E-state index in [4.69, 9.17) is 0 Å². The van der Waals surface area contributed by atoms with Gasteiger partial charge in [-0.15, -0.1) is 0 Å². The van der Waals surface area contributed by atoms with Crippen LogP contribution in [0.15, 0.2) is 42.5 Å². The molecular formula is C17H14F3NO2. The van der Waals surface area contributed by atoms with Gasteiger partial charge in [0.25, 0.3) is 5.91 Å². The van der Waals surface area contributed by atoms with E-state index in [2.05, 4.69) is 5.32 Å². The van der Waals surface area contributed by atoms with Crippen molar-refractivity contribution in [3.63, 3.8) is 0 Å². The largest absolute Gasteiger partial charge is 0.417 e. The normalized spacial score (nSPS) is 11.2. The van der Waals surface area contributed by atoms with Gasteiger partial charge in [0.05, 0.1) is 16.8 Å². The van der Waals surface area contributed by atoms with Crippen LogP contribution in [0.2, 0.25) is 0 Å². The van der Waals surface area contributed by atoms with Gasteiger partial charge in [0, 0.05) is 5.56 Å². The summed E-state index contributed by atoms with van der Waals surface area (Å²) in [5.41, 5.74) is -0.516. The second-order valence-electron chi connectivity index (χ2n) is 5.10. The molecule has 0 aliphatic rings. The van der Waals surface area contributed by atoms with Crippen LogP contribution < -0.4 is 5.32 Å². The molecule has 0 atom stereocenters. The first-order chi connectivity index (χ1) is 10.7. The second kappa shape index (κ2) is 6.24. The standard InChI is InChI=1S/C17H14F3NO2/c1-10-6-8-12(9-7-10)16(23)21-14-5-3-4-13(17(18,19)20)15(14)11(2)22/h3-9H,1-2H3,(H,21,23). The molecule has 120 valence electrons. The van der Waals surface area contributed by atoms with Gasteiger partial charge in [0.1, 0.15) is 0 Å². The Hall–Kier alpha value is -2.63. The summed E-state index contributed by atoms with van der Waals surface area (Å²) in [5, 5.41) is 2.38. The van der Waals surface area contributed by atoms with Crippen molar-refractivity contribution < 1.29 is 22.8 Å². The summed E-state index contributed by atoms with van der Waals surface area (Å²) in [4.78, 5) is 23.8. The van der Waals surface area contributed by atoms with Crippen LogP contribution in [0, 0.1) is 6.92 Å². The van der Waals surface area contributed by atoms with Gasteiger partial charge in [-0.25, -0.2) is 0 Å². The van der Waals surface area contributed by atoms with Gasteiger partial charge in [0.15, 0.2) is 5.78 Å². The minimum Gasteiger partial charge on any atom is -0.321 e. The number of rotatable bonds is 3. The third-order valence-electron chi connectivity index (χ3n) is 3.28. The second-order valence-corrected chi connectivity index (χ2v) is 5.10. The number of carbonyl (C=O) groups is 2. The Morgan fingerprint density at radius 2 is 1.61 bits per heavy atom. The van der Waals surface area contributed by atoms with Crippen molar-refractivity contribution in [2.75, 3.05) is 5.32 Å². The topological polar surface area (TPSA) is 46.2 Å². The number of anilines is 1. The van der Waals surface area contributed by atoms with Crippen LogP contribution in [-0.4, -0.2) is 11.7 Å². The molecule has 0 fully saturated rings. The van der Waals surface area contributed by atoms with Crippen molar-refractivity contribution in [1.82, 2.24) is 0 Å². The minimum absolute atomic E-state index is 0.155. The molecule has 0 radical (unpaired) electrons. The molecule has 2 aromatic rings. The number of aryl methyl sites for hydroxylation is 1. The predicted octanol–water partition coefficient (Wildman–Crippen LogP) is 4.47. The summed E-state index contributed by atoms with van der Waals surface area (Å²) < 4.78 is 39.1. The number of Topliss-reactive ketones (excluding diaryl/α,β-unsaturated/α-hetero) is 1. The van der Waals surface area contributed by atoms with Gasteiger partial charge in [-0.2, -0.15) is 13.2 Å². The number of halogens is 3. The zero-order valence-electron chi connectivity index (χ0n) is 12.5. The number of alkyl halides is 3. The highest BCUT2D eigenvalue weighted by molar-refractivity contribution is 6.09. The maximum Gasteiger partial charge on any atom is 0.417 e. The molecule has 0 heterocycles. The van der Waals surface area contributed by atoms with Crippen LogP contribution in [-0.2, 0) is 6.18 Å². The van der Waals surface area contributed by atoms with Crippen LogP contribution in [0.1, 0.15) is 38.8 Å². The van der Waals surface area contributed by atoms with E-state index in [0.717, 1.165) is 24.6 Å². The number of benzene rings is 2. The Morgan fingerprint density at radius 3 is 2.13 bits per heavy atom. The highest BCUT2D eigenvalue weighted by Gasteiger charge is 2.35. The lowest BCUT2D eigenvalue weighted by atomic mass is 10.0. The van der Waals surface area contributed by atoms with E-state index in [1.54, 1.807) is 24.3 Å². The molecular weight excluding hydrogens is 307 g/mol. The van der Waals surface area contributed by atoms with E-state index in [9.17, 15) is 22.8 Å². The van der Waals surface area contributed by atoms with Gasteiger partial charge in [-0.1, -0.05) is 23.8 Å². The SMILES string of the molecule is CC(=O)c1c(NC(=O)c2ccc(C)cc2)cccc1C(F)(F)F. The lowest BCUT2D eigenvalue weighted by Crippen LogP contribution is -2.18. The molecule has 0 aliphatic carbocycles. The Balaban J connectivity index is 2.42. The maximum absolute atomic E-state index is 13.0. The van der Waals surface area contributed by atoms with Crippen LogP contribution in [0.25, 0.3) is 0 Å². The molecule has 1 N–H and O–H groups in total. The summed E-state index contributed by atoms with van der Waals surface area (Å²) in [6.45, 7) is 2.88. The Morgan fingerprint density at radius 1 is 1.00 bits per heavy atom. The van der Waals surface area contributed by atoms with E-state index in [-0.39, 0.29) is 5.69 Å².